The minimum Gasteiger partial charge on any atom is -0.456 e. The van der Waals surface area contributed by atoms with E-state index in [4.69, 9.17) is 4.42 Å². The second kappa shape index (κ2) is 16.0. The Morgan fingerprint density at radius 2 is 0.791 bits per heavy atom. The summed E-state index contributed by atoms with van der Waals surface area (Å²) in [4.78, 5) is 2.39. The molecule has 0 aliphatic heterocycles. The SMILES string of the molecule is c1ccc(N(c2ccc(-c3ccc(-c4ccc(-n5c6ccccc6c6ccccc65)cc4)cc3)cc2)c2ccc(-c3cccc4oc5ccccc5c34)cc2)c(-c2ccc3ccccc3c2)c1. The lowest BCUT2D eigenvalue weighted by molar-refractivity contribution is 0.669. The number of fused-ring (bicyclic) bond motifs is 7. The normalized spacial score (nSPS) is 11.6. The number of hydrogen-bond acceptors (Lipinski definition) is 2. The van der Waals surface area contributed by atoms with Gasteiger partial charge in [0.2, 0.25) is 0 Å². The minimum absolute atomic E-state index is 0.897. The molecule has 0 aliphatic rings. The van der Waals surface area contributed by atoms with Crippen LogP contribution in [0.2, 0.25) is 0 Å². The molecule has 0 amide bonds. The van der Waals surface area contributed by atoms with E-state index in [1.165, 1.54) is 54.8 Å². The van der Waals surface area contributed by atoms with Gasteiger partial charge in [-0.15, -0.1) is 0 Å². The fourth-order valence-corrected chi connectivity index (χ4v) is 10.2. The molecular weight excluding hydrogens is 813 g/mol. The number of rotatable bonds is 8. The van der Waals surface area contributed by atoms with Gasteiger partial charge in [-0.1, -0.05) is 182 Å². The second-order valence-corrected chi connectivity index (χ2v) is 17.3. The number of anilines is 3. The summed E-state index contributed by atoms with van der Waals surface area (Å²) < 4.78 is 8.64. The van der Waals surface area contributed by atoms with E-state index in [9.17, 15) is 0 Å². The van der Waals surface area contributed by atoms with Crippen molar-refractivity contribution in [3.8, 4) is 50.2 Å². The van der Waals surface area contributed by atoms with Crippen LogP contribution in [0.4, 0.5) is 17.1 Å². The van der Waals surface area contributed by atoms with E-state index in [0.717, 1.165) is 66.9 Å². The van der Waals surface area contributed by atoms with Gasteiger partial charge in [-0.25, -0.2) is 0 Å². The van der Waals surface area contributed by atoms with E-state index in [1.807, 2.05) is 12.1 Å². The van der Waals surface area contributed by atoms with Crippen LogP contribution in [0.5, 0.6) is 0 Å². The van der Waals surface area contributed by atoms with Crippen LogP contribution in [0.1, 0.15) is 0 Å². The van der Waals surface area contributed by atoms with E-state index >= 15 is 0 Å². The molecule has 0 radical (unpaired) electrons. The molecule has 0 spiro atoms. The third-order valence-electron chi connectivity index (χ3n) is 13.4. The Morgan fingerprint density at radius 1 is 0.313 bits per heavy atom. The molecule has 3 heteroatoms. The van der Waals surface area contributed by atoms with E-state index in [-0.39, 0.29) is 0 Å². The zero-order chi connectivity index (χ0) is 44.3. The average Bonchev–Trinajstić information content (AvgIpc) is 3.96. The van der Waals surface area contributed by atoms with Gasteiger partial charge >= 0.3 is 0 Å². The van der Waals surface area contributed by atoms with E-state index < -0.39 is 0 Å². The van der Waals surface area contributed by atoms with Gasteiger partial charge in [0.15, 0.2) is 0 Å². The van der Waals surface area contributed by atoms with Gasteiger partial charge < -0.3 is 13.9 Å². The third-order valence-corrected chi connectivity index (χ3v) is 13.4. The molecule has 0 saturated carbocycles. The van der Waals surface area contributed by atoms with Crippen molar-refractivity contribution in [1.29, 1.82) is 0 Å². The maximum Gasteiger partial charge on any atom is 0.136 e. The first-order valence-electron chi connectivity index (χ1n) is 22.9. The van der Waals surface area contributed by atoms with Gasteiger partial charge in [-0.3, -0.25) is 0 Å². The molecule has 3 nitrogen and oxygen atoms in total. The minimum atomic E-state index is 0.897. The average molecular weight is 855 g/mol. The van der Waals surface area contributed by atoms with Crippen LogP contribution in [0, 0.1) is 0 Å². The van der Waals surface area contributed by atoms with Crippen molar-refractivity contribution in [3.63, 3.8) is 0 Å². The summed E-state index contributed by atoms with van der Waals surface area (Å²) in [6, 6.07) is 91.9. The van der Waals surface area contributed by atoms with Crippen molar-refractivity contribution in [1.82, 2.24) is 4.57 Å². The van der Waals surface area contributed by atoms with Crippen molar-refractivity contribution >= 4 is 71.6 Å². The Kier molecular flexibility index (Phi) is 9.17. The van der Waals surface area contributed by atoms with Crippen molar-refractivity contribution < 1.29 is 4.42 Å². The fraction of sp³-hybridized carbons (Fsp3) is 0. The molecule has 0 bridgehead atoms. The highest BCUT2D eigenvalue weighted by molar-refractivity contribution is 6.12. The Hall–Kier alpha value is -8.92. The lowest BCUT2D eigenvalue weighted by atomic mass is 9.97. The van der Waals surface area contributed by atoms with Gasteiger partial charge in [0, 0.05) is 44.2 Å². The molecule has 0 N–H and O–H groups in total. The molecule has 0 saturated heterocycles. The second-order valence-electron chi connectivity index (χ2n) is 17.3. The highest BCUT2D eigenvalue weighted by Crippen LogP contribution is 2.44. The molecule has 2 aromatic heterocycles. The smallest absolute Gasteiger partial charge is 0.136 e. The molecule has 0 fully saturated rings. The van der Waals surface area contributed by atoms with Gasteiger partial charge in [-0.05, 0) is 123 Å². The largest absolute Gasteiger partial charge is 0.456 e. The summed E-state index contributed by atoms with van der Waals surface area (Å²) in [5.74, 6) is 0. The predicted molar refractivity (Wildman–Crippen MR) is 282 cm³/mol. The molecule has 0 aliphatic carbocycles. The quantitative estimate of drug-likeness (QED) is 0.152. The van der Waals surface area contributed by atoms with Gasteiger partial charge in [0.05, 0.1) is 16.7 Å². The van der Waals surface area contributed by atoms with Crippen LogP contribution in [0.25, 0.3) is 105 Å². The maximum absolute atomic E-state index is 6.27. The molecule has 0 atom stereocenters. The molecule has 2 heterocycles. The van der Waals surface area contributed by atoms with E-state index in [2.05, 4.69) is 252 Å². The van der Waals surface area contributed by atoms with Crippen molar-refractivity contribution in [2.75, 3.05) is 4.90 Å². The third kappa shape index (κ3) is 6.67. The van der Waals surface area contributed by atoms with Crippen LogP contribution in [-0.4, -0.2) is 4.57 Å². The molecular formula is C64H42N2O. The first-order valence-corrected chi connectivity index (χ1v) is 22.9. The monoisotopic (exact) mass is 854 g/mol. The number of furan rings is 1. The standard InChI is InChI=1S/C64H42N2O/c1-2-13-49-42-50(29-28-43(49)12-1)54-14-3-7-19-59(54)65(52-40-34-48(35-41-52)55-18-11-23-63-64(55)58-17-6-10-22-62(58)67-63)51-36-30-46(31-37-51)44-24-26-45(27-25-44)47-32-38-53(39-33-47)66-60-20-8-4-15-56(60)57-16-5-9-21-61(57)66/h1-42H. The summed E-state index contributed by atoms with van der Waals surface area (Å²) in [5, 5.41) is 7.26. The molecule has 13 aromatic rings. The highest BCUT2D eigenvalue weighted by atomic mass is 16.3. The van der Waals surface area contributed by atoms with Gasteiger partial charge in [0.1, 0.15) is 11.2 Å². The lowest BCUT2D eigenvalue weighted by Gasteiger charge is -2.28. The zero-order valence-electron chi connectivity index (χ0n) is 36.6. The first-order chi connectivity index (χ1) is 33.2. The summed E-state index contributed by atoms with van der Waals surface area (Å²) in [7, 11) is 0. The Morgan fingerprint density at radius 3 is 1.46 bits per heavy atom. The number of aromatic nitrogens is 1. The maximum atomic E-state index is 6.27. The van der Waals surface area contributed by atoms with Crippen LogP contribution >= 0.6 is 0 Å². The topological polar surface area (TPSA) is 21.3 Å². The number of benzene rings is 11. The van der Waals surface area contributed by atoms with E-state index in [0.29, 0.717) is 0 Å². The van der Waals surface area contributed by atoms with Crippen LogP contribution in [0.15, 0.2) is 259 Å². The lowest BCUT2D eigenvalue weighted by Crippen LogP contribution is -2.11. The molecule has 314 valence electrons. The number of para-hydroxylation sites is 4. The Labute approximate surface area is 388 Å². The molecule has 13 rings (SSSR count). The van der Waals surface area contributed by atoms with E-state index in [1.54, 1.807) is 0 Å². The van der Waals surface area contributed by atoms with Crippen LogP contribution in [-0.2, 0) is 0 Å². The zero-order valence-corrected chi connectivity index (χ0v) is 36.6. The Balaban J connectivity index is 0.843. The van der Waals surface area contributed by atoms with Crippen molar-refractivity contribution in [3.05, 3.63) is 255 Å². The Bertz CT molecular complexity index is 3900. The van der Waals surface area contributed by atoms with Gasteiger partial charge in [-0.2, -0.15) is 0 Å². The van der Waals surface area contributed by atoms with Gasteiger partial charge in [0.25, 0.3) is 0 Å². The molecule has 11 aromatic carbocycles. The van der Waals surface area contributed by atoms with Crippen LogP contribution < -0.4 is 4.90 Å². The number of hydrogen-bond donors (Lipinski definition) is 0. The summed E-state index contributed by atoms with van der Waals surface area (Å²) in [6.45, 7) is 0. The van der Waals surface area contributed by atoms with Crippen LogP contribution in [0.3, 0.4) is 0 Å². The summed E-state index contributed by atoms with van der Waals surface area (Å²) >= 11 is 0. The molecule has 0 unspecified atom stereocenters. The van der Waals surface area contributed by atoms with Crippen molar-refractivity contribution in [2.24, 2.45) is 0 Å². The molecule has 67 heavy (non-hydrogen) atoms. The highest BCUT2D eigenvalue weighted by Gasteiger charge is 2.19. The summed E-state index contributed by atoms with van der Waals surface area (Å²) in [5.41, 5.74) is 18.0. The fourth-order valence-electron chi connectivity index (χ4n) is 10.2. The predicted octanol–water partition coefficient (Wildman–Crippen LogP) is 18.0. The summed E-state index contributed by atoms with van der Waals surface area (Å²) in [6.07, 6.45) is 0. The number of nitrogens with zero attached hydrogens (tertiary/aromatic N) is 2. The van der Waals surface area contributed by atoms with Crippen molar-refractivity contribution in [2.45, 2.75) is 0 Å². The first kappa shape index (κ1) is 38.5.